The zero-order valence-corrected chi connectivity index (χ0v) is 17.1. The minimum absolute atomic E-state index is 0.00722. The Hall–Kier alpha value is -2.69. The van der Waals surface area contributed by atoms with Gasteiger partial charge >= 0.3 is 0 Å². The van der Waals surface area contributed by atoms with Gasteiger partial charge in [-0.1, -0.05) is 44.5 Å². The molecule has 0 aromatic heterocycles. The van der Waals surface area contributed by atoms with Gasteiger partial charge in [0.2, 0.25) is 0 Å². The summed E-state index contributed by atoms with van der Waals surface area (Å²) in [7, 11) is 0. The number of amides is 1. The first-order valence-electron chi connectivity index (χ1n) is 9.72. The summed E-state index contributed by atoms with van der Waals surface area (Å²) in [5, 5.41) is 2.92. The number of fused-ring (bicyclic) bond motifs is 1. The van der Waals surface area contributed by atoms with E-state index in [1.807, 2.05) is 30.3 Å². The molecule has 1 amide bonds. The van der Waals surface area contributed by atoms with E-state index in [0.717, 1.165) is 34.8 Å². The summed E-state index contributed by atoms with van der Waals surface area (Å²) >= 11 is 0. The fourth-order valence-electron chi connectivity index (χ4n) is 3.14. The van der Waals surface area contributed by atoms with E-state index in [9.17, 15) is 4.79 Å². The van der Waals surface area contributed by atoms with E-state index >= 15 is 0 Å². The molecule has 0 aliphatic carbocycles. The molecule has 0 saturated heterocycles. The standard InChI is InChI=1S/C23H29NO4/c1-16-5-7-19(18(13-16)23(2,3)4)28-15-22(25)24-10-9-17-6-8-20-21(14-17)27-12-11-26-20/h5-8,13-14H,9-12,15H2,1-4H3,(H,24,25). The Balaban J connectivity index is 1.49. The summed E-state index contributed by atoms with van der Waals surface area (Å²) in [6.45, 7) is 10.2. The molecule has 1 aliphatic heterocycles. The van der Waals surface area contributed by atoms with Crippen molar-refractivity contribution in [3.63, 3.8) is 0 Å². The number of rotatable bonds is 6. The van der Waals surface area contributed by atoms with Crippen molar-refractivity contribution in [2.24, 2.45) is 0 Å². The Kier molecular flexibility index (Phi) is 6.12. The summed E-state index contributed by atoms with van der Waals surface area (Å²) < 4.78 is 16.9. The van der Waals surface area contributed by atoms with Crippen LogP contribution in [0.1, 0.15) is 37.5 Å². The number of carbonyl (C=O) groups is 1. The molecule has 1 aliphatic rings. The Morgan fingerprint density at radius 2 is 1.82 bits per heavy atom. The highest BCUT2D eigenvalue weighted by atomic mass is 16.6. The van der Waals surface area contributed by atoms with Crippen molar-refractivity contribution in [3.8, 4) is 17.2 Å². The second kappa shape index (κ2) is 8.55. The molecular formula is C23H29NO4. The summed E-state index contributed by atoms with van der Waals surface area (Å²) in [5.41, 5.74) is 3.34. The third-order valence-electron chi connectivity index (χ3n) is 4.64. The Bertz CT molecular complexity index is 839. The molecule has 0 saturated carbocycles. The van der Waals surface area contributed by atoms with Gasteiger partial charge in [-0.3, -0.25) is 4.79 Å². The predicted octanol–water partition coefficient (Wildman–Crippen LogP) is 3.80. The number of hydrogen-bond acceptors (Lipinski definition) is 4. The summed E-state index contributed by atoms with van der Waals surface area (Å²) in [6.07, 6.45) is 0.722. The van der Waals surface area contributed by atoms with Gasteiger partial charge in [0.25, 0.3) is 5.91 Å². The van der Waals surface area contributed by atoms with Crippen LogP contribution in [-0.4, -0.2) is 32.3 Å². The van der Waals surface area contributed by atoms with Crippen molar-refractivity contribution in [1.82, 2.24) is 5.32 Å². The fraction of sp³-hybridized carbons (Fsp3) is 0.435. The van der Waals surface area contributed by atoms with Crippen LogP contribution in [0.15, 0.2) is 36.4 Å². The van der Waals surface area contributed by atoms with Gasteiger partial charge in [-0.05, 0) is 48.1 Å². The molecule has 1 heterocycles. The van der Waals surface area contributed by atoms with Crippen LogP contribution in [0.2, 0.25) is 0 Å². The smallest absolute Gasteiger partial charge is 0.257 e. The predicted molar refractivity (Wildman–Crippen MR) is 110 cm³/mol. The van der Waals surface area contributed by atoms with E-state index in [1.165, 1.54) is 5.56 Å². The van der Waals surface area contributed by atoms with Crippen LogP contribution >= 0.6 is 0 Å². The van der Waals surface area contributed by atoms with Crippen LogP contribution in [0.5, 0.6) is 17.2 Å². The van der Waals surface area contributed by atoms with Gasteiger partial charge < -0.3 is 19.5 Å². The van der Waals surface area contributed by atoms with Gasteiger partial charge in [-0.25, -0.2) is 0 Å². The maximum Gasteiger partial charge on any atom is 0.257 e. The average Bonchev–Trinajstić information content (AvgIpc) is 2.66. The van der Waals surface area contributed by atoms with Gasteiger partial charge in [-0.15, -0.1) is 0 Å². The number of aryl methyl sites for hydroxylation is 1. The van der Waals surface area contributed by atoms with Gasteiger partial charge in [-0.2, -0.15) is 0 Å². The lowest BCUT2D eigenvalue weighted by atomic mass is 9.85. The first kappa shape index (κ1) is 20.1. The summed E-state index contributed by atoms with van der Waals surface area (Å²) in [5.74, 6) is 2.19. The summed E-state index contributed by atoms with van der Waals surface area (Å²) in [6, 6.07) is 12.0. The lowest BCUT2D eigenvalue weighted by Crippen LogP contribution is -2.31. The van der Waals surface area contributed by atoms with Gasteiger partial charge in [0.15, 0.2) is 18.1 Å². The van der Waals surface area contributed by atoms with Crippen molar-refractivity contribution in [2.75, 3.05) is 26.4 Å². The number of ether oxygens (including phenoxy) is 3. The molecule has 0 unspecified atom stereocenters. The lowest BCUT2D eigenvalue weighted by Gasteiger charge is -2.23. The van der Waals surface area contributed by atoms with E-state index in [-0.39, 0.29) is 17.9 Å². The third-order valence-corrected chi connectivity index (χ3v) is 4.64. The molecule has 2 aromatic carbocycles. The van der Waals surface area contributed by atoms with Crippen molar-refractivity contribution < 1.29 is 19.0 Å². The molecule has 150 valence electrons. The largest absolute Gasteiger partial charge is 0.486 e. The topological polar surface area (TPSA) is 56.8 Å². The SMILES string of the molecule is Cc1ccc(OCC(=O)NCCc2ccc3c(c2)OCCO3)c(C(C)(C)C)c1. The average molecular weight is 383 g/mol. The minimum atomic E-state index is -0.127. The molecule has 2 aromatic rings. The Labute approximate surface area is 167 Å². The highest BCUT2D eigenvalue weighted by molar-refractivity contribution is 5.77. The highest BCUT2D eigenvalue weighted by Gasteiger charge is 2.19. The quantitative estimate of drug-likeness (QED) is 0.824. The first-order chi connectivity index (χ1) is 13.3. The van der Waals surface area contributed by atoms with Crippen molar-refractivity contribution in [3.05, 3.63) is 53.1 Å². The van der Waals surface area contributed by atoms with Gasteiger partial charge in [0, 0.05) is 6.54 Å². The maximum absolute atomic E-state index is 12.2. The number of benzene rings is 2. The molecule has 0 bridgehead atoms. The van der Waals surface area contributed by atoms with E-state index in [0.29, 0.717) is 19.8 Å². The van der Waals surface area contributed by atoms with Gasteiger partial charge in [0.1, 0.15) is 19.0 Å². The van der Waals surface area contributed by atoms with Crippen molar-refractivity contribution in [2.45, 2.75) is 39.5 Å². The fourth-order valence-corrected chi connectivity index (χ4v) is 3.14. The van der Waals surface area contributed by atoms with Crippen molar-refractivity contribution in [1.29, 1.82) is 0 Å². The van der Waals surface area contributed by atoms with Crippen LogP contribution < -0.4 is 19.5 Å². The zero-order valence-electron chi connectivity index (χ0n) is 17.1. The van der Waals surface area contributed by atoms with Crippen LogP contribution in [-0.2, 0) is 16.6 Å². The third kappa shape index (κ3) is 5.18. The second-order valence-corrected chi connectivity index (χ2v) is 8.12. The van der Waals surface area contributed by atoms with Crippen LogP contribution in [0, 0.1) is 6.92 Å². The normalized spacial score (nSPS) is 13.1. The van der Waals surface area contributed by atoms with Gasteiger partial charge in [0.05, 0.1) is 0 Å². The van der Waals surface area contributed by atoms with Crippen LogP contribution in [0.3, 0.4) is 0 Å². The number of hydrogen-bond donors (Lipinski definition) is 1. The lowest BCUT2D eigenvalue weighted by molar-refractivity contribution is -0.123. The summed E-state index contributed by atoms with van der Waals surface area (Å²) in [4.78, 5) is 12.2. The van der Waals surface area contributed by atoms with Crippen LogP contribution in [0.4, 0.5) is 0 Å². The molecule has 0 radical (unpaired) electrons. The number of carbonyl (C=O) groups excluding carboxylic acids is 1. The van der Waals surface area contributed by atoms with E-state index < -0.39 is 0 Å². The molecule has 0 fully saturated rings. The molecule has 0 spiro atoms. The molecular weight excluding hydrogens is 354 g/mol. The highest BCUT2D eigenvalue weighted by Crippen LogP contribution is 2.32. The Morgan fingerprint density at radius 1 is 1.07 bits per heavy atom. The molecule has 28 heavy (non-hydrogen) atoms. The molecule has 5 heteroatoms. The Morgan fingerprint density at radius 3 is 2.57 bits per heavy atom. The molecule has 1 N–H and O–H groups in total. The van der Waals surface area contributed by atoms with E-state index in [4.69, 9.17) is 14.2 Å². The monoisotopic (exact) mass is 383 g/mol. The zero-order chi connectivity index (χ0) is 20.1. The number of nitrogens with one attached hydrogen (secondary N) is 1. The molecule has 5 nitrogen and oxygen atoms in total. The minimum Gasteiger partial charge on any atom is -0.486 e. The molecule has 3 rings (SSSR count). The molecule has 0 atom stereocenters. The second-order valence-electron chi connectivity index (χ2n) is 8.12. The maximum atomic E-state index is 12.2. The van der Waals surface area contributed by atoms with Crippen LogP contribution in [0.25, 0.3) is 0 Å². The first-order valence-corrected chi connectivity index (χ1v) is 9.72. The van der Waals surface area contributed by atoms with E-state index in [1.54, 1.807) is 0 Å². The van der Waals surface area contributed by atoms with Crippen molar-refractivity contribution >= 4 is 5.91 Å². The van der Waals surface area contributed by atoms with E-state index in [2.05, 4.69) is 39.1 Å².